The highest BCUT2D eigenvalue weighted by atomic mass is 16.5. The Kier molecular flexibility index (Phi) is 4.89. The molecule has 2 N–H and O–H groups in total. The lowest BCUT2D eigenvalue weighted by Crippen LogP contribution is -2.48. The van der Waals surface area contributed by atoms with Crippen LogP contribution in [0.25, 0.3) is 0 Å². The van der Waals surface area contributed by atoms with Gasteiger partial charge in [0.1, 0.15) is 11.4 Å². The van der Waals surface area contributed by atoms with Crippen LogP contribution in [0.2, 0.25) is 0 Å². The van der Waals surface area contributed by atoms with Gasteiger partial charge in [0.25, 0.3) is 0 Å². The van der Waals surface area contributed by atoms with Crippen molar-refractivity contribution in [2.24, 2.45) is 0 Å². The molecule has 7 heteroatoms. The first kappa shape index (κ1) is 14.3. The predicted octanol–water partition coefficient (Wildman–Crippen LogP) is -0.288. The summed E-state index contributed by atoms with van der Waals surface area (Å²) in [5.74, 6) is -0.119. The molecule has 108 valence electrons. The Morgan fingerprint density at radius 2 is 2.20 bits per heavy atom. The topological polar surface area (TPSA) is 83.6 Å². The third kappa shape index (κ3) is 3.45. The zero-order valence-electron chi connectivity index (χ0n) is 11.4. The fourth-order valence-electron chi connectivity index (χ4n) is 2.01. The van der Waals surface area contributed by atoms with E-state index in [1.165, 1.54) is 7.11 Å². The molecule has 20 heavy (non-hydrogen) atoms. The summed E-state index contributed by atoms with van der Waals surface area (Å²) >= 11 is 0. The molecule has 1 saturated heterocycles. The number of anilines is 1. The summed E-state index contributed by atoms with van der Waals surface area (Å²) < 4.78 is 4.68. The first-order chi connectivity index (χ1) is 9.72. The first-order valence-electron chi connectivity index (χ1n) is 6.48. The molecular weight excluding hydrogens is 260 g/mol. The number of nitrogens with zero attached hydrogens (tertiary/aromatic N) is 2. The Bertz CT molecular complexity index is 486. The smallest absolute Gasteiger partial charge is 0.341 e. The molecule has 1 aromatic heterocycles. The van der Waals surface area contributed by atoms with E-state index in [0.717, 1.165) is 13.1 Å². The number of ether oxygens (including phenoxy) is 1. The van der Waals surface area contributed by atoms with Gasteiger partial charge >= 0.3 is 5.97 Å². The van der Waals surface area contributed by atoms with Gasteiger partial charge in [0.15, 0.2) is 0 Å². The highest BCUT2D eigenvalue weighted by Crippen LogP contribution is 2.12. The van der Waals surface area contributed by atoms with E-state index in [1.54, 1.807) is 23.2 Å². The summed E-state index contributed by atoms with van der Waals surface area (Å²) in [4.78, 5) is 29.4. The normalized spacial score (nSPS) is 14.8. The minimum Gasteiger partial charge on any atom is -0.465 e. The SMILES string of the molecule is COC(=O)c1cccnc1NCC(=O)N1CCNCC1. The van der Waals surface area contributed by atoms with Crippen molar-refractivity contribution >= 4 is 17.7 Å². The molecule has 1 amide bonds. The molecule has 2 heterocycles. The van der Waals surface area contributed by atoms with Gasteiger partial charge in [0.05, 0.1) is 13.7 Å². The predicted molar refractivity (Wildman–Crippen MR) is 73.5 cm³/mol. The maximum absolute atomic E-state index is 12.0. The number of hydrogen-bond donors (Lipinski definition) is 2. The molecular formula is C13H18N4O3. The van der Waals surface area contributed by atoms with Gasteiger partial charge in [-0.3, -0.25) is 4.79 Å². The lowest BCUT2D eigenvalue weighted by Gasteiger charge is -2.27. The molecule has 1 aromatic rings. The van der Waals surface area contributed by atoms with Crippen molar-refractivity contribution in [2.45, 2.75) is 0 Å². The molecule has 7 nitrogen and oxygen atoms in total. The second kappa shape index (κ2) is 6.85. The molecule has 0 atom stereocenters. The zero-order chi connectivity index (χ0) is 14.4. The van der Waals surface area contributed by atoms with Gasteiger partial charge in [0.2, 0.25) is 5.91 Å². The van der Waals surface area contributed by atoms with Crippen LogP contribution in [0.5, 0.6) is 0 Å². The first-order valence-corrected chi connectivity index (χ1v) is 6.48. The van der Waals surface area contributed by atoms with Gasteiger partial charge in [0, 0.05) is 32.4 Å². The lowest BCUT2D eigenvalue weighted by molar-refractivity contribution is -0.129. The van der Waals surface area contributed by atoms with E-state index in [2.05, 4.69) is 20.4 Å². The molecule has 0 aliphatic carbocycles. The maximum atomic E-state index is 12.0. The molecule has 0 bridgehead atoms. The van der Waals surface area contributed by atoms with E-state index in [0.29, 0.717) is 24.5 Å². The Balaban J connectivity index is 1.96. The molecule has 0 radical (unpaired) electrons. The van der Waals surface area contributed by atoms with E-state index >= 15 is 0 Å². The van der Waals surface area contributed by atoms with Crippen molar-refractivity contribution in [2.75, 3.05) is 45.2 Å². The monoisotopic (exact) mass is 278 g/mol. The second-order valence-corrected chi connectivity index (χ2v) is 4.38. The number of nitrogens with one attached hydrogen (secondary N) is 2. The summed E-state index contributed by atoms with van der Waals surface area (Å²) in [7, 11) is 1.31. The fourth-order valence-corrected chi connectivity index (χ4v) is 2.01. The van der Waals surface area contributed by atoms with Crippen LogP contribution in [0.3, 0.4) is 0 Å². The van der Waals surface area contributed by atoms with E-state index in [4.69, 9.17) is 0 Å². The largest absolute Gasteiger partial charge is 0.465 e. The van der Waals surface area contributed by atoms with Crippen molar-refractivity contribution in [1.29, 1.82) is 0 Å². The second-order valence-electron chi connectivity index (χ2n) is 4.38. The van der Waals surface area contributed by atoms with Gasteiger partial charge in [-0.25, -0.2) is 9.78 Å². The number of aromatic nitrogens is 1. The number of hydrogen-bond acceptors (Lipinski definition) is 6. The number of carbonyl (C=O) groups is 2. The average molecular weight is 278 g/mol. The van der Waals surface area contributed by atoms with E-state index in [9.17, 15) is 9.59 Å². The number of amides is 1. The van der Waals surface area contributed by atoms with Crippen molar-refractivity contribution in [3.8, 4) is 0 Å². The molecule has 0 saturated carbocycles. The van der Waals surface area contributed by atoms with Crippen LogP contribution in [-0.2, 0) is 9.53 Å². The maximum Gasteiger partial charge on any atom is 0.341 e. The van der Waals surface area contributed by atoms with Gasteiger partial charge in [-0.2, -0.15) is 0 Å². The summed E-state index contributed by atoms with van der Waals surface area (Å²) in [6.45, 7) is 3.13. The van der Waals surface area contributed by atoms with Crippen LogP contribution in [0, 0.1) is 0 Å². The molecule has 1 aliphatic heterocycles. The van der Waals surface area contributed by atoms with Crippen molar-refractivity contribution < 1.29 is 14.3 Å². The number of rotatable bonds is 4. The van der Waals surface area contributed by atoms with Gasteiger partial charge in [-0.05, 0) is 12.1 Å². The highest BCUT2D eigenvalue weighted by molar-refractivity contribution is 5.95. The molecule has 1 fully saturated rings. The van der Waals surface area contributed by atoms with Gasteiger partial charge in [-0.15, -0.1) is 0 Å². The highest BCUT2D eigenvalue weighted by Gasteiger charge is 2.17. The van der Waals surface area contributed by atoms with E-state index in [1.807, 2.05) is 0 Å². The minimum absolute atomic E-state index is 0.00651. The van der Waals surface area contributed by atoms with Crippen LogP contribution in [0.4, 0.5) is 5.82 Å². The number of piperazine rings is 1. The number of methoxy groups -OCH3 is 1. The average Bonchev–Trinajstić information content (AvgIpc) is 2.53. The molecule has 2 rings (SSSR count). The number of carbonyl (C=O) groups excluding carboxylic acids is 2. The Morgan fingerprint density at radius 1 is 1.45 bits per heavy atom. The zero-order valence-corrected chi connectivity index (χ0v) is 11.4. The third-order valence-corrected chi connectivity index (χ3v) is 3.09. The van der Waals surface area contributed by atoms with Gasteiger partial charge in [-0.1, -0.05) is 0 Å². The Hall–Kier alpha value is -2.15. The van der Waals surface area contributed by atoms with Crippen LogP contribution >= 0.6 is 0 Å². The van der Waals surface area contributed by atoms with Crippen LogP contribution in [0.1, 0.15) is 10.4 Å². The summed E-state index contributed by atoms with van der Waals surface area (Å²) in [6, 6.07) is 3.26. The van der Waals surface area contributed by atoms with Crippen LogP contribution in [0.15, 0.2) is 18.3 Å². The summed E-state index contributed by atoms with van der Waals surface area (Å²) in [5, 5.41) is 6.09. The van der Waals surface area contributed by atoms with Crippen molar-refractivity contribution in [1.82, 2.24) is 15.2 Å². The van der Waals surface area contributed by atoms with Gasteiger partial charge < -0.3 is 20.3 Å². The quantitative estimate of drug-likeness (QED) is 0.737. The molecule has 0 aromatic carbocycles. The molecule has 0 unspecified atom stereocenters. The summed E-state index contributed by atoms with van der Waals surface area (Å²) in [5.41, 5.74) is 0.322. The molecule has 1 aliphatic rings. The lowest BCUT2D eigenvalue weighted by atomic mass is 10.2. The Labute approximate surface area is 117 Å². The van der Waals surface area contributed by atoms with E-state index < -0.39 is 5.97 Å². The Morgan fingerprint density at radius 3 is 2.90 bits per heavy atom. The van der Waals surface area contributed by atoms with Crippen molar-refractivity contribution in [3.63, 3.8) is 0 Å². The standard InChI is InChI=1S/C13H18N4O3/c1-20-13(19)10-3-2-4-15-12(10)16-9-11(18)17-7-5-14-6-8-17/h2-4,14H,5-9H2,1H3,(H,15,16). The van der Waals surface area contributed by atoms with Crippen LogP contribution in [-0.4, -0.2) is 61.6 Å². The van der Waals surface area contributed by atoms with E-state index in [-0.39, 0.29) is 12.5 Å². The summed E-state index contributed by atoms with van der Waals surface area (Å²) in [6.07, 6.45) is 1.56. The number of pyridine rings is 1. The van der Waals surface area contributed by atoms with Crippen molar-refractivity contribution in [3.05, 3.63) is 23.9 Å². The third-order valence-electron chi connectivity index (χ3n) is 3.09. The fraction of sp³-hybridized carbons (Fsp3) is 0.462. The minimum atomic E-state index is -0.477. The van der Waals surface area contributed by atoms with Crippen LogP contribution < -0.4 is 10.6 Å². The number of esters is 1. The molecule has 0 spiro atoms.